The number of fused-ring (bicyclic) bond motifs is 1. The van der Waals surface area contributed by atoms with Crippen molar-refractivity contribution in [3.05, 3.63) is 64.8 Å². The largest absolute Gasteiger partial charge is 0.334 e. The average Bonchev–Trinajstić information content (AvgIpc) is 2.99. The summed E-state index contributed by atoms with van der Waals surface area (Å²) in [7, 11) is 0. The highest BCUT2D eigenvalue weighted by Gasteiger charge is 2.24. The van der Waals surface area contributed by atoms with Crippen LogP contribution < -0.4 is 0 Å². The smallest absolute Gasteiger partial charge is 0.246 e. The maximum atomic E-state index is 12.3. The Balaban J connectivity index is 1.84. The average molecular weight is 328 g/mol. The normalized spacial score (nSPS) is 14.6. The summed E-state index contributed by atoms with van der Waals surface area (Å²) in [6.07, 6.45) is 7.91. The summed E-state index contributed by atoms with van der Waals surface area (Å²) < 4.78 is 0. The number of H-pyrrole nitrogens is 1. The predicted molar refractivity (Wildman–Crippen MR) is 92.1 cm³/mol. The van der Waals surface area contributed by atoms with Crippen LogP contribution in [0.15, 0.2) is 48.6 Å². The zero-order valence-electron chi connectivity index (χ0n) is 12.9. The van der Waals surface area contributed by atoms with Crippen LogP contribution in [-0.4, -0.2) is 27.5 Å². The van der Waals surface area contributed by atoms with Crippen LogP contribution in [0.3, 0.4) is 0 Å². The minimum absolute atomic E-state index is 0.0250. The minimum Gasteiger partial charge on any atom is -0.334 e. The van der Waals surface area contributed by atoms with E-state index in [1.165, 1.54) is 0 Å². The van der Waals surface area contributed by atoms with E-state index in [2.05, 4.69) is 10.2 Å². The number of aromatic nitrogens is 2. The summed E-state index contributed by atoms with van der Waals surface area (Å²) in [6.45, 7) is 3.20. The fraction of sp³-hybridized carbons (Fsp3) is 0.222. The van der Waals surface area contributed by atoms with Gasteiger partial charge in [-0.3, -0.25) is 9.89 Å². The van der Waals surface area contributed by atoms with Gasteiger partial charge in [0.1, 0.15) is 0 Å². The third-order valence-electron chi connectivity index (χ3n) is 3.91. The molecular weight excluding hydrogens is 310 g/mol. The molecule has 0 aliphatic carbocycles. The van der Waals surface area contributed by atoms with Gasteiger partial charge in [-0.25, -0.2) is 0 Å². The molecule has 5 heteroatoms. The third-order valence-corrected chi connectivity index (χ3v) is 4.16. The fourth-order valence-corrected chi connectivity index (χ4v) is 2.81. The molecule has 1 aromatic heterocycles. The number of allylic oxidation sites excluding steroid dienone is 3. The molecule has 0 bridgehead atoms. The maximum Gasteiger partial charge on any atom is 0.246 e. The van der Waals surface area contributed by atoms with Crippen molar-refractivity contribution in [2.24, 2.45) is 0 Å². The lowest BCUT2D eigenvalue weighted by Gasteiger charge is -2.26. The zero-order valence-corrected chi connectivity index (χ0v) is 13.7. The van der Waals surface area contributed by atoms with Gasteiger partial charge in [-0.05, 0) is 19.1 Å². The Morgan fingerprint density at radius 3 is 2.83 bits per heavy atom. The highest BCUT2D eigenvalue weighted by Crippen LogP contribution is 2.29. The Kier molecular flexibility index (Phi) is 4.63. The van der Waals surface area contributed by atoms with E-state index in [0.29, 0.717) is 18.1 Å². The maximum absolute atomic E-state index is 12.3. The Morgan fingerprint density at radius 2 is 2.09 bits per heavy atom. The lowest BCUT2D eigenvalue weighted by atomic mass is 10.0. The monoisotopic (exact) mass is 327 g/mol. The zero-order chi connectivity index (χ0) is 16.2. The van der Waals surface area contributed by atoms with Crippen LogP contribution >= 0.6 is 11.6 Å². The molecule has 118 valence electrons. The van der Waals surface area contributed by atoms with Gasteiger partial charge in [0.05, 0.1) is 5.69 Å². The molecular formula is C18H18ClN3O. The van der Waals surface area contributed by atoms with Gasteiger partial charge in [-0.15, -0.1) is 0 Å². The van der Waals surface area contributed by atoms with E-state index < -0.39 is 0 Å². The second-order valence-corrected chi connectivity index (χ2v) is 5.87. The highest BCUT2D eigenvalue weighted by atomic mass is 35.5. The van der Waals surface area contributed by atoms with Crippen LogP contribution in [0.2, 0.25) is 5.02 Å². The predicted octanol–water partition coefficient (Wildman–Crippen LogP) is 3.75. The lowest BCUT2D eigenvalue weighted by molar-refractivity contribution is -0.126. The second kappa shape index (κ2) is 6.84. The van der Waals surface area contributed by atoms with Gasteiger partial charge in [-0.1, -0.05) is 42.0 Å². The number of rotatable bonds is 3. The standard InChI is InChI=1S/C18H18ClN3O/c1-2-3-4-5-17(23)22-11-10-16-15(12-22)18(21-20-16)13-6-8-14(19)9-7-13/h2-9H,10-12H2,1H3,(H,20,21)/b3-2+,5-4+. The molecule has 1 aliphatic rings. The summed E-state index contributed by atoms with van der Waals surface area (Å²) >= 11 is 5.95. The fourth-order valence-electron chi connectivity index (χ4n) is 2.68. The van der Waals surface area contributed by atoms with Crippen molar-refractivity contribution in [2.45, 2.75) is 19.9 Å². The van der Waals surface area contributed by atoms with Gasteiger partial charge in [0.25, 0.3) is 0 Å². The van der Waals surface area contributed by atoms with E-state index in [9.17, 15) is 4.79 Å². The highest BCUT2D eigenvalue weighted by molar-refractivity contribution is 6.30. The van der Waals surface area contributed by atoms with Crippen LogP contribution in [0.5, 0.6) is 0 Å². The number of nitrogens with zero attached hydrogens (tertiary/aromatic N) is 2. The molecule has 0 unspecified atom stereocenters. The number of benzene rings is 1. The van der Waals surface area contributed by atoms with Crippen LogP contribution in [0.1, 0.15) is 18.2 Å². The van der Waals surface area contributed by atoms with Crippen LogP contribution in [-0.2, 0) is 17.8 Å². The molecule has 1 aliphatic heterocycles. The van der Waals surface area contributed by atoms with Crippen molar-refractivity contribution in [1.82, 2.24) is 15.1 Å². The van der Waals surface area contributed by atoms with E-state index in [1.807, 2.05) is 48.2 Å². The van der Waals surface area contributed by atoms with Crippen LogP contribution in [0.4, 0.5) is 0 Å². The molecule has 0 radical (unpaired) electrons. The van der Waals surface area contributed by atoms with Crippen LogP contribution in [0, 0.1) is 0 Å². The lowest BCUT2D eigenvalue weighted by Crippen LogP contribution is -2.34. The number of hydrogen-bond acceptors (Lipinski definition) is 2. The summed E-state index contributed by atoms with van der Waals surface area (Å²) in [6, 6.07) is 7.60. The van der Waals surface area contributed by atoms with Gasteiger partial charge in [0, 0.05) is 47.4 Å². The first-order chi connectivity index (χ1) is 11.2. The van der Waals surface area contributed by atoms with Gasteiger partial charge >= 0.3 is 0 Å². The molecule has 1 N–H and O–H groups in total. The molecule has 0 spiro atoms. The Labute approximate surface area is 140 Å². The number of nitrogens with one attached hydrogen (secondary N) is 1. The number of hydrogen-bond donors (Lipinski definition) is 1. The molecule has 23 heavy (non-hydrogen) atoms. The van der Waals surface area contributed by atoms with E-state index in [1.54, 1.807) is 12.2 Å². The van der Waals surface area contributed by atoms with Gasteiger partial charge in [0.15, 0.2) is 0 Å². The Morgan fingerprint density at radius 1 is 1.30 bits per heavy atom. The minimum atomic E-state index is 0.0250. The SMILES string of the molecule is C/C=C/C=C/C(=O)N1CCc2[nH]nc(-c3ccc(Cl)cc3)c2C1. The molecule has 0 saturated heterocycles. The van der Waals surface area contributed by atoms with E-state index >= 15 is 0 Å². The molecule has 0 atom stereocenters. The summed E-state index contributed by atoms with van der Waals surface area (Å²) in [5.74, 6) is 0.0250. The molecule has 2 heterocycles. The first-order valence-corrected chi connectivity index (χ1v) is 7.97. The third kappa shape index (κ3) is 3.37. The van der Waals surface area contributed by atoms with Gasteiger partial charge in [-0.2, -0.15) is 5.10 Å². The van der Waals surface area contributed by atoms with Crippen molar-refractivity contribution in [2.75, 3.05) is 6.54 Å². The van der Waals surface area contributed by atoms with Crippen molar-refractivity contribution in [3.8, 4) is 11.3 Å². The number of aromatic amines is 1. The number of amides is 1. The first-order valence-electron chi connectivity index (χ1n) is 7.59. The van der Waals surface area contributed by atoms with Crippen molar-refractivity contribution in [3.63, 3.8) is 0 Å². The molecule has 0 fully saturated rings. The summed E-state index contributed by atoms with van der Waals surface area (Å²) in [5, 5.41) is 8.23. The number of carbonyl (C=O) groups is 1. The summed E-state index contributed by atoms with van der Waals surface area (Å²) in [5.41, 5.74) is 4.10. The summed E-state index contributed by atoms with van der Waals surface area (Å²) in [4.78, 5) is 14.1. The second-order valence-electron chi connectivity index (χ2n) is 5.43. The van der Waals surface area contributed by atoms with Crippen LogP contribution in [0.25, 0.3) is 11.3 Å². The van der Waals surface area contributed by atoms with Crippen molar-refractivity contribution in [1.29, 1.82) is 0 Å². The molecule has 1 amide bonds. The van der Waals surface area contributed by atoms with E-state index in [0.717, 1.165) is 28.9 Å². The van der Waals surface area contributed by atoms with Crippen molar-refractivity contribution >= 4 is 17.5 Å². The molecule has 0 saturated carbocycles. The molecule has 1 aromatic carbocycles. The van der Waals surface area contributed by atoms with Crippen molar-refractivity contribution < 1.29 is 4.79 Å². The van der Waals surface area contributed by atoms with E-state index in [-0.39, 0.29) is 5.91 Å². The topological polar surface area (TPSA) is 49.0 Å². The molecule has 2 aromatic rings. The number of carbonyl (C=O) groups excluding carboxylic acids is 1. The van der Waals surface area contributed by atoms with E-state index in [4.69, 9.17) is 11.6 Å². The number of halogens is 1. The molecule has 4 nitrogen and oxygen atoms in total. The molecule has 3 rings (SSSR count). The van der Waals surface area contributed by atoms with Gasteiger partial charge in [0.2, 0.25) is 5.91 Å². The Hall–Kier alpha value is -2.33. The first kappa shape index (κ1) is 15.6. The quantitative estimate of drug-likeness (QED) is 0.689. The Bertz CT molecular complexity index is 759. The van der Waals surface area contributed by atoms with Gasteiger partial charge < -0.3 is 4.90 Å².